The molecule has 1 aliphatic rings. The molecule has 156 valence electrons. The third-order valence-corrected chi connectivity index (χ3v) is 4.37. The molecule has 0 aliphatic carbocycles. The standard InChI is InChI=1S/C21H26N2O6/c1-12(2)29-21(25)18-14(4)22-13(3)17(20(24)28-10-9-27-5)19(18)15-7-6-8-16(11-15)23-26/h6-8,11-12,19,22H,9-10H2,1-5H3. The number of carbonyl (C=O) groups excluding carboxylic acids is 2. The summed E-state index contributed by atoms with van der Waals surface area (Å²) < 4.78 is 15.7. The summed E-state index contributed by atoms with van der Waals surface area (Å²) in [6, 6.07) is 6.48. The van der Waals surface area contributed by atoms with Gasteiger partial charge in [0, 0.05) is 18.5 Å². The molecule has 0 fully saturated rings. The van der Waals surface area contributed by atoms with E-state index in [1.165, 1.54) is 7.11 Å². The summed E-state index contributed by atoms with van der Waals surface area (Å²) >= 11 is 0. The largest absolute Gasteiger partial charge is 0.460 e. The average molecular weight is 402 g/mol. The Morgan fingerprint density at radius 3 is 2.34 bits per heavy atom. The molecule has 0 spiro atoms. The number of nitrogens with zero attached hydrogens (tertiary/aromatic N) is 1. The first kappa shape index (κ1) is 22.3. The minimum absolute atomic E-state index is 0.0727. The lowest BCUT2D eigenvalue weighted by atomic mass is 9.80. The van der Waals surface area contributed by atoms with Gasteiger partial charge in [0.1, 0.15) is 12.3 Å². The topological polar surface area (TPSA) is 103 Å². The van der Waals surface area contributed by atoms with Crippen molar-refractivity contribution in [1.29, 1.82) is 0 Å². The molecule has 0 saturated carbocycles. The van der Waals surface area contributed by atoms with Gasteiger partial charge in [-0.1, -0.05) is 12.1 Å². The third-order valence-electron chi connectivity index (χ3n) is 4.37. The number of methoxy groups -OCH3 is 1. The van der Waals surface area contributed by atoms with Gasteiger partial charge < -0.3 is 19.5 Å². The molecule has 0 radical (unpaired) electrons. The first-order valence-corrected chi connectivity index (χ1v) is 9.29. The van der Waals surface area contributed by atoms with Gasteiger partial charge in [-0.05, 0) is 50.6 Å². The summed E-state index contributed by atoms with van der Waals surface area (Å²) in [4.78, 5) is 36.8. The van der Waals surface area contributed by atoms with E-state index in [-0.39, 0.29) is 36.2 Å². The number of benzene rings is 1. The van der Waals surface area contributed by atoms with Crippen LogP contribution in [0.3, 0.4) is 0 Å². The number of ether oxygens (including phenoxy) is 3. The molecule has 0 bridgehead atoms. The molecule has 8 nitrogen and oxygen atoms in total. The van der Waals surface area contributed by atoms with Crippen LogP contribution in [0.25, 0.3) is 0 Å². The average Bonchev–Trinajstić information content (AvgIpc) is 2.66. The van der Waals surface area contributed by atoms with Gasteiger partial charge in [-0.15, -0.1) is 4.91 Å². The highest BCUT2D eigenvalue weighted by molar-refractivity contribution is 6.00. The van der Waals surface area contributed by atoms with E-state index in [4.69, 9.17) is 14.2 Å². The quantitative estimate of drug-likeness (QED) is 0.403. The second-order valence-electron chi connectivity index (χ2n) is 6.90. The fraction of sp³-hybridized carbons (Fsp3) is 0.429. The molecule has 0 aromatic heterocycles. The van der Waals surface area contributed by atoms with Gasteiger partial charge in [-0.3, -0.25) is 0 Å². The van der Waals surface area contributed by atoms with E-state index in [9.17, 15) is 14.5 Å². The van der Waals surface area contributed by atoms with Crippen LogP contribution in [-0.4, -0.2) is 38.4 Å². The van der Waals surface area contributed by atoms with Crippen LogP contribution >= 0.6 is 0 Å². The van der Waals surface area contributed by atoms with Crippen LogP contribution in [0.4, 0.5) is 5.69 Å². The van der Waals surface area contributed by atoms with Crippen LogP contribution in [0.15, 0.2) is 52.0 Å². The van der Waals surface area contributed by atoms with Crippen molar-refractivity contribution in [2.45, 2.75) is 39.7 Å². The van der Waals surface area contributed by atoms with Gasteiger partial charge in [0.05, 0.1) is 29.8 Å². The number of carbonyl (C=O) groups is 2. The van der Waals surface area contributed by atoms with Crippen molar-refractivity contribution in [3.05, 3.63) is 57.3 Å². The van der Waals surface area contributed by atoms with Gasteiger partial charge in [-0.25, -0.2) is 9.59 Å². The highest BCUT2D eigenvalue weighted by Crippen LogP contribution is 2.40. The zero-order chi connectivity index (χ0) is 21.6. The molecule has 1 heterocycles. The molecule has 2 rings (SSSR count). The number of hydrogen-bond donors (Lipinski definition) is 1. The number of nitrogens with one attached hydrogen (secondary N) is 1. The Bertz CT molecular complexity index is 856. The molecule has 0 amide bonds. The molecule has 1 aromatic rings. The third kappa shape index (κ3) is 5.29. The van der Waals surface area contributed by atoms with Crippen molar-refractivity contribution >= 4 is 17.6 Å². The van der Waals surface area contributed by atoms with E-state index in [1.54, 1.807) is 52.0 Å². The normalized spacial score (nSPS) is 16.6. The van der Waals surface area contributed by atoms with Gasteiger partial charge in [0.15, 0.2) is 0 Å². The van der Waals surface area contributed by atoms with E-state index in [0.717, 1.165) is 0 Å². The molecule has 0 saturated heterocycles. The van der Waals surface area contributed by atoms with Crippen LogP contribution in [-0.2, 0) is 23.8 Å². The van der Waals surface area contributed by atoms with Gasteiger partial charge in [0.25, 0.3) is 0 Å². The number of esters is 2. The predicted octanol–water partition coefficient (Wildman–Crippen LogP) is 3.46. The molecular weight excluding hydrogens is 376 g/mol. The molecule has 1 aromatic carbocycles. The maximum Gasteiger partial charge on any atom is 0.337 e. The first-order chi connectivity index (χ1) is 13.8. The molecule has 8 heteroatoms. The maximum atomic E-state index is 12.9. The highest BCUT2D eigenvalue weighted by Gasteiger charge is 2.38. The number of hydrogen-bond acceptors (Lipinski definition) is 8. The van der Waals surface area contributed by atoms with E-state index in [2.05, 4.69) is 10.5 Å². The molecule has 1 aliphatic heterocycles. The zero-order valence-electron chi connectivity index (χ0n) is 17.3. The Morgan fingerprint density at radius 1 is 1.10 bits per heavy atom. The van der Waals surface area contributed by atoms with E-state index < -0.39 is 17.9 Å². The van der Waals surface area contributed by atoms with E-state index in [0.29, 0.717) is 17.0 Å². The van der Waals surface area contributed by atoms with Crippen molar-refractivity contribution in [3.63, 3.8) is 0 Å². The second-order valence-corrected chi connectivity index (χ2v) is 6.90. The van der Waals surface area contributed by atoms with Crippen LogP contribution in [0.2, 0.25) is 0 Å². The summed E-state index contributed by atoms with van der Waals surface area (Å²) in [6.07, 6.45) is -0.337. The van der Waals surface area contributed by atoms with E-state index in [1.807, 2.05) is 0 Å². The Morgan fingerprint density at radius 2 is 1.76 bits per heavy atom. The van der Waals surface area contributed by atoms with Gasteiger partial charge in [0.2, 0.25) is 0 Å². The lowest BCUT2D eigenvalue weighted by molar-refractivity contribution is -0.143. The lowest BCUT2D eigenvalue weighted by Crippen LogP contribution is -2.33. The Balaban J connectivity index is 2.57. The maximum absolute atomic E-state index is 12.9. The van der Waals surface area contributed by atoms with E-state index >= 15 is 0 Å². The molecule has 29 heavy (non-hydrogen) atoms. The Hall–Kier alpha value is -3.00. The first-order valence-electron chi connectivity index (χ1n) is 9.29. The van der Waals surface area contributed by atoms with Crippen molar-refractivity contribution in [3.8, 4) is 0 Å². The number of nitroso groups, excluding NO2 is 1. The fourth-order valence-corrected chi connectivity index (χ4v) is 3.20. The van der Waals surface area contributed by atoms with Crippen molar-refractivity contribution < 1.29 is 23.8 Å². The summed E-state index contributed by atoms with van der Waals surface area (Å²) in [6.45, 7) is 7.28. The molecule has 1 N–H and O–H groups in total. The van der Waals surface area contributed by atoms with Crippen molar-refractivity contribution in [2.75, 3.05) is 20.3 Å². The number of dihydropyridines is 1. The fourth-order valence-electron chi connectivity index (χ4n) is 3.20. The monoisotopic (exact) mass is 402 g/mol. The Kier molecular flexibility index (Phi) is 7.67. The van der Waals surface area contributed by atoms with Crippen molar-refractivity contribution in [1.82, 2.24) is 5.32 Å². The summed E-state index contributed by atoms with van der Waals surface area (Å²) in [7, 11) is 1.51. The SMILES string of the molecule is COCCOC(=O)C1=C(C)NC(C)=C(C(=O)OC(C)C)C1c1cccc(N=O)c1. The van der Waals surface area contributed by atoms with Crippen molar-refractivity contribution in [2.24, 2.45) is 5.18 Å². The second kappa shape index (κ2) is 9.97. The minimum Gasteiger partial charge on any atom is -0.460 e. The van der Waals surface area contributed by atoms with Gasteiger partial charge in [-0.2, -0.15) is 0 Å². The smallest absolute Gasteiger partial charge is 0.337 e. The summed E-state index contributed by atoms with van der Waals surface area (Å²) in [5.74, 6) is -1.89. The van der Waals surface area contributed by atoms with Crippen LogP contribution < -0.4 is 5.32 Å². The summed E-state index contributed by atoms with van der Waals surface area (Å²) in [5, 5.41) is 6.04. The molecule has 1 unspecified atom stereocenters. The highest BCUT2D eigenvalue weighted by atomic mass is 16.6. The Labute approximate surface area is 169 Å². The number of rotatable bonds is 8. The summed E-state index contributed by atoms with van der Waals surface area (Å²) in [5.41, 5.74) is 2.43. The van der Waals surface area contributed by atoms with Crippen LogP contribution in [0, 0.1) is 4.91 Å². The molecular formula is C21H26N2O6. The van der Waals surface area contributed by atoms with Gasteiger partial charge >= 0.3 is 11.9 Å². The molecule has 1 atom stereocenters. The van der Waals surface area contributed by atoms with Crippen LogP contribution in [0.5, 0.6) is 0 Å². The minimum atomic E-state index is -0.765. The predicted molar refractivity (Wildman–Crippen MR) is 107 cm³/mol. The van der Waals surface area contributed by atoms with Crippen LogP contribution in [0.1, 0.15) is 39.2 Å². The zero-order valence-corrected chi connectivity index (χ0v) is 17.3. The lowest BCUT2D eigenvalue weighted by Gasteiger charge is -2.31. The number of allylic oxidation sites excluding steroid dienone is 2.